The van der Waals surface area contributed by atoms with E-state index in [4.69, 9.17) is 5.53 Å². The summed E-state index contributed by atoms with van der Waals surface area (Å²) >= 11 is -0.935. The second-order valence-electron chi connectivity index (χ2n) is 4.51. The van der Waals surface area contributed by atoms with Gasteiger partial charge in [-0.3, -0.25) is 0 Å². The minimum absolute atomic E-state index is 0.935. The van der Waals surface area contributed by atoms with Gasteiger partial charge in [0.05, 0.1) is 0 Å². The van der Waals surface area contributed by atoms with Crippen LogP contribution >= 0.6 is 0 Å². The van der Waals surface area contributed by atoms with Gasteiger partial charge in [0.25, 0.3) is 0 Å². The Morgan fingerprint density at radius 3 is 1.18 bits per heavy atom. The normalized spacial score (nSPS) is 13.6. The maximum absolute atomic E-state index is 5.73. The predicted molar refractivity (Wildman–Crippen MR) is 54.6 cm³/mol. The molecule has 0 atom stereocenters. The summed E-state index contributed by atoms with van der Waals surface area (Å²) in [6.07, 6.45) is 0. The Balaban J connectivity index is 3.44. The molecule has 0 saturated heterocycles. The zero-order valence-electron chi connectivity index (χ0n) is 8.32. The van der Waals surface area contributed by atoms with E-state index >= 15 is 0 Å². The number of hydrogen-bond acceptors (Lipinski definition) is 2. The molecule has 0 rings (SSSR count). The van der Waals surface area contributed by atoms with Gasteiger partial charge in [-0.15, -0.1) is 0 Å². The van der Waals surface area contributed by atoms with Crippen molar-refractivity contribution in [1.82, 2.24) is 0 Å². The Bertz CT molecular complexity index is 103. The van der Waals surface area contributed by atoms with Crippen LogP contribution in [0.2, 0.25) is 39.3 Å². The van der Waals surface area contributed by atoms with E-state index in [-0.39, 0.29) is 0 Å². The fourth-order valence-corrected chi connectivity index (χ4v) is 6.29. The first kappa shape index (κ1) is 12.2. The van der Waals surface area contributed by atoms with Crippen molar-refractivity contribution in [2.24, 2.45) is 0 Å². The van der Waals surface area contributed by atoms with E-state index in [1.54, 1.807) is 0 Å². The van der Waals surface area contributed by atoms with Gasteiger partial charge >= 0.3 is 83.4 Å². The molecule has 0 saturated carbocycles. The van der Waals surface area contributed by atoms with Crippen molar-refractivity contribution in [3.63, 3.8) is 0 Å². The molecule has 66 valence electrons. The van der Waals surface area contributed by atoms with E-state index in [1.165, 1.54) is 0 Å². The van der Waals surface area contributed by atoms with Crippen LogP contribution in [0.3, 0.4) is 0 Å². The molecule has 0 aliphatic carbocycles. The van der Waals surface area contributed by atoms with Gasteiger partial charge in [0.1, 0.15) is 0 Å². The molecule has 0 aromatic rings. The van der Waals surface area contributed by atoms with E-state index in [0.717, 1.165) is 0 Å². The second kappa shape index (κ2) is 4.41. The maximum atomic E-state index is 5.73. The SMILES string of the molecule is C[Si](C)(C)[O][Sn][O][Si](C)(C)C. The molecule has 2 radical (unpaired) electrons. The molecule has 0 unspecified atom stereocenters. The van der Waals surface area contributed by atoms with Crippen LogP contribution in [0.25, 0.3) is 0 Å². The first-order valence-electron chi connectivity index (χ1n) is 3.82. The molecule has 0 aromatic heterocycles. The third kappa shape index (κ3) is 11.2. The van der Waals surface area contributed by atoms with Gasteiger partial charge in [0.15, 0.2) is 0 Å². The summed E-state index contributed by atoms with van der Waals surface area (Å²) in [5.41, 5.74) is 0. The summed E-state index contributed by atoms with van der Waals surface area (Å²) in [7, 11) is -2.57. The molecule has 0 aromatic carbocycles. The van der Waals surface area contributed by atoms with Crippen LogP contribution in [0.15, 0.2) is 0 Å². The Morgan fingerprint density at radius 1 is 0.727 bits per heavy atom. The first-order valence-corrected chi connectivity index (χ1v) is 13.0. The molecule has 0 fully saturated rings. The Hall–Kier alpha value is 1.15. The van der Waals surface area contributed by atoms with Crippen LogP contribution < -0.4 is 0 Å². The zero-order chi connectivity index (χ0) is 9.12. The van der Waals surface area contributed by atoms with E-state index in [1.807, 2.05) is 0 Å². The fraction of sp³-hybridized carbons (Fsp3) is 1.00. The molecule has 0 spiro atoms. The third-order valence-electron chi connectivity index (χ3n) is 0.696. The van der Waals surface area contributed by atoms with Crippen LogP contribution in [0, 0.1) is 0 Å². The summed E-state index contributed by atoms with van der Waals surface area (Å²) < 4.78 is 11.5. The molecule has 0 bridgehead atoms. The summed E-state index contributed by atoms with van der Waals surface area (Å²) in [4.78, 5) is 0. The minimum atomic E-state index is -1.28. The summed E-state index contributed by atoms with van der Waals surface area (Å²) in [6, 6.07) is 0. The van der Waals surface area contributed by atoms with Crippen molar-refractivity contribution in [2.45, 2.75) is 39.3 Å². The van der Waals surface area contributed by atoms with Crippen molar-refractivity contribution in [3.8, 4) is 0 Å². The molecule has 11 heavy (non-hydrogen) atoms. The molecule has 0 heterocycles. The average molecular weight is 297 g/mol. The van der Waals surface area contributed by atoms with Crippen molar-refractivity contribution >= 4 is 38.6 Å². The molecule has 0 aliphatic rings. The van der Waals surface area contributed by atoms with Crippen LogP contribution in [0.1, 0.15) is 0 Å². The van der Waals surface area contributed by atoms with Crippen LogP contribution in [0.4, 0.5) is 0 Å². The van der Waals surface area contributed by atoms with Crippen molar-refractivity contribution in [3.05, 3.63) is 0 Å². The molecule has 5 heteroatoms. The molecular weight excluding hydrogens is 279 g/mol. The van der Waals surface area contributed by atoms with Gasteiger partial charge in [-0.2, -0.15) is 0 Å². The van der Waals surface area contributed by atoms with Crippen LogP contribution in [0.5, 0.6) is 0 Å². The third-order valence-corrected chi connectivity index (χ3v) is 14.0. The standard InChI is InChI=1S/2C3H9OSi.Sn/c2*1-5(2,3)4;/h2*1-3H3;/q2*-1;+2. The Labute approximate surface area is 83.2 Å². The summed E-state index contributed by atoms with van der Waals surface area (Å²) in [5.74, 6) is 0. The van der Waals surface area contributed by atoms with Crippen molar-refractivity contribution < 1.29 is 5.53 Å². The van der Waals surface area contributed by atoms with E-state index < -0.39 is 38.6 Å². The molecule has 2 nitrogen and oxygen atoms in total. The topological polar surface area (TPSA) is 18.5 Å². The molecule has 0 amide bonds. The van der Waals surface area contributed by atoms with E-state index in [0.29, 0.717) is 0 Å². The van der Waals surface area contributed by atoms with Gasteiger partial charge < -0.3 is 0 Å². The quantitative estimate of drug-likeness (QED) is 0.741. The average Bonchev–Trinajstić information content (AvgIpc) is 1.55. The van der Waals surface area contributed by atoms with E-state index in [9.17, 15) is 0 Å². The van der Waals surface area contributed by atoms with Crippen molar-refractivity contribution in [2.75, 3.05) is 0 Å². The Kier molecular flexibility index (Phi) is 4.87. The van der Waals surface area contributed by atoms with E-state index in [2.05, 4.69) is 39.3 Å². The molecule has 0 N–H and O–H groups in total. The molecule has 0 aliphatic heterocycles. The Morgan fingerprint density at radius 2 is 1.00 bits per heavy atom. The monoisotopic (exact) mass is 298 g/mol. The molecular formula is C6H18O2Si2Sn. The fourth-order valence-electron chi connectivity index (χ4n) is 0.271. The van der Waals surface area contributed by atoms with Gasteiger partial charge in [-0.05, 0) is 0 Å². The van der Waals surface area contributed by atoms with Crippen LogP contribution in [-0.4, -0.2) is 38.6 Å². The predicted octanol–water partition coefficient (Wildman–Crippen LogP) is 2.22. The number of rotatable bonds is 4. The summed E-state index contributed by atoms with van der Waals surface area (Å²) in [6.45, 7) is 13.3. The van der Waals surface area contributed by atoms with Crippen LogP contribution in [-0.2, 0) is 5.53 Å². The second-order valence-corrected chi connectivity index (χ2v) is 17.3. The first-order chi connectivity index (χ1) is 4.71. The van der Waals surface area contributed by atoms with Gasteiger partial charge in [0.2, 0.25) is 0 Å². The van der Waals surface area contributed by atoms with Gasteiger partial charge in [-0.25, -0.2) is 0 Å². The summed E-state index contributed by atoms with van der Waals surface area (Å²) in [5, 5.41) is 0. The van der Waals surface area contributed by atoms with Gasteiger partial charge in [0, 0.05) is 0 Å². The number of hydrogen-bond donors (Lipinski definition) is 0. The van der Waals surface area contributed by atoms with Gasteiger partial charge in [-0.1, -0.05) is 0 Å². The zero-order valence-corrected chi connectivity index (χ0v) is 13.2. The van der Waals surface area contributed by atoms with Crippen molar-refractivity contribution in [1.29, 1.82) is 0 Å².